The van der Waals surface area contributed by atoms with Gasteiger partial charge in [-0.2, -0.15) is 0 Å². The number of aliphatic carboxylic acids is 3. The van der Waals surface area contributed by atoms with E-state index in [2.05, 4.69) is 21.3 Å². The second kappa shape index (κ2) is 38.5. The molecule has 12 atom stereocenters. The molecular weight excluding hydrogens is 1170 g/mol. The molecule has 0 aromatic carbocycles. The Morgan fingerprint density at radius 2 is 0.539 bits per heavy atom. The predicted octanol–water partition coefficient (Wildman–Crippen LogP) is -16.3. The van der Waals surface area contributed by atoms with Crippen molar-refractivity contribution in [1.29, 1.82) is 0 Å². The van der Waals surface area contributed by atoms with Crippen molar-refractivity contribution in [3.8, 4) is 0 Å². The largest absolute Gasteiger partial charge is 3.00 e. The van der Waals surface area contributed by atoms with Crippen LogP contribution in [0, 0.1) is 39.9 Å². The fraction of sp³-hybridized carbons (Fsp3) is 0.786. The molecule has 6 amide bonds. The molecular formula is C42H74GdN9O24. The van der Waals surface area contributed by atoms with Crippen molar-refractivity contribution in [2.75, 3.05) is 111 Å². The van der Waals surface area contributed by atoms with E-state index < -0.39 is 238 Å². The monoisotopic (exact) mass is 1250 g/mol. The minimum atomic E-state index is -2.11. The summed E-state index contributed by atoms with van der Waals surface area (Å²) in [5.41, 5.74) is 0. The summed E-state index contributed by atoms with van der Waals surface area (Å²) in [6, 6.07) is 0. The van der Waals surface area contributed by atoms with E-state index in [9.17, 15) is 120 Å². The van der Waals surface area contributed by atoms with Gasteiger partial charge in [0.15, 0.2) is 24.4 Å². The molecule has 0 saturated heterocycles. The molecule has 76 heavy (non-hydrogen) atoms. The second-order valence-corrected chi connectivity index (χ2v) is 17.4. The van der Waals surface area contributed by atoms with Crippen LogP contribution in [-0.4, -0.2) is 324 Å². The first-order chi connectivity index (χ1) is 34.8. The number of hydrogen-bond donors (Lipinski definition) is 16. The van der Waals surface area contributed by atoms with Gasteiger partial charge in [-0.3, -0.25) is 43.5 Å². The van der Waals surface area contributed by atoms with Gasteiger partial charge in [-0.25, -0.2) is 0 Å². The summed E-state index contributed by atoms with van der Waals surface area (Å²) in [4.78, 5) is 117. The van der Waals surface area contributed by atoms with E-state index in [0.29, 0.717) is 0 Å². The van der Waals surface area contributed by atoms with Crippen molar-refractivity contribution in [3.05, 3.63) is 0 Å². The number of carboxylic acid groups (broad SMARTS) is 3. The minimum absolute atomic E-state index is 0. The third kappa shape index (κ3) is 29.6. The van der Waals surface area contributed by atoms with Gasteiger partial charge in [0.05, 0.1) is 55.4 Å². The Morgan fingerprint density at radius 1 is 0.342 bits per heavy atom. The predicted molar refractivity (Wildman–Crippen MR) is 244 cm³/mol. The third-order valence-corrected chi connectivity index (χ3v) is 11.0. The van der Waals surface area contributed by atoms with Gasteiger partial charge in [0.25, 0.3) is 23.6 Å². The Bertz CT molecular complexity index is 1630. The molecule has 0 aliphatic carbocycles. The standard InChI is InChI=1S/C42H77N9O24.Gd/c1-22(52)31(64)35(68)39(72)43-5-9-50(10-6-44-40(73)36(69)32(65)23(2)53)26(56)17-48(20-29(60)61)15-13-47(19-28(58)59)14-16-49(21-30(62)63)18-27(57)51(11-7-45-41(74)37(70)33(66)24(3)54)12-8-46-42(75)38(71)34(67)25(4)55;/h22-25,31-38,52-55,64-71H,5-21H2,1-4H3,(H,43,72)(H,44,73)(H,45,74)(H,46,75)(H,58,59)(H,60,61)(H,62,63);/q;+3/p-3/t22-,23-,24-,25-,31-,32-,33-,34-,35+,36+,37+,38+;/m0./s1. The molecule has 0 heterocycles. The van der Waals surface area contributed by atoms with E-state index >= 15 is 0 Å². The van der Waals surface area contributed by atoms with Gasteiger partial charge in [0, 0.05) is 98.2 Å². The normalized spacial score (nSPS) is 16.2. The second-order valence-electron chi connectivity index (χ2n) is 17.4. The summed E-state index contributed by atoms with van der Waals surface area (Å²) in [7, 11) is 0. The smallest absolute Gasteiger partial charge is 0.549 e. The summed E-state index contributed by atoms with van der Waals surface area (Å²) < 4.78 is 0. The zero-order valence-electron chi connectivity index (χ0n) is 42.3. The maximum absolute atomic E-state index is 13.7. The average Bonchev–Trinajstić information content (AvgIpc) is 3.32. The number of nitrogens with zero attached hydrogens (tertiary/aromatic N) is 5. The fourth-order valence-corrected chi connectivity index (χ4v) is 6.47. The number of aliphatic hydroxyl groups is 12. The van der Waals surface area contributed by atoms with E-state index in [1.165, 1.54) is 0 Å². The number of nitrogens with one attached hydrogen (secondary N) is 4. The Kier molecular flexibility index (Phi) is 37.5. The summed E-state index contributed by atoms with van der Waals surface area (Å²) in [5.74, 6) is -11.6. The fourth-order valence-electron chi connectivity index (χ4n) is 6.47. The average molecular weight is 1250 g/mol. The molecule has 0 aromatic heterocycles. The number of carbonyl (C=O) groups is 9. The number of aliphatic hydroxyl groups excluding tert-OH is 12. The minimum Gasteiger partial charge on any atom is -0.549 e. The van der Waals surface area contributed by atoms with Crippen molar-refractivity contribution < 1.29 is 160 Å². The van der Waals surface area contributed by atoms with Gasteiger partial charge in [-0.1, -0.05) is 0 Å². The zero-order valence-corrected chi connectivity index (χ0v) is 44.6. The summed E-state index contributed by atoms with van der Waals surface area (Å²) in [5, 5.41) is 162. The van der Waals surface area contributed by atoms with Crippen molar-refractivity contribution in [1.82, 2.24) is 45.8 Å². The van der Waals surface area contributed by atoms with Crippen molar-refractivity contribution in [2.45, 2.75) is 101 Å². The number of rotatable bonds is 40. The van der Waals surface area contributed by atoms with Crippen molar-refractivity contribution in [2.24, 2.45) is 0 Å². The summed E-state index contributed by atoms with van der Waals surface area (Å²) in [6.45, 7) is -5.08. The molecule has 33 nitrogen and oxygen atoms in total. The molecule has 0 bridgehead atoms. The maximum atomic E-state index is 13.7. The van der Waals surface area contributed by atoms with Gasteiger partial charge in [0.1, 0.15) is 24.4 Å². The molecule has 34 heteroatoms. The maximum Gasteiger partial charge on any atom is 3.00 e. The van der Waals surface area contributed by atoms with Crippen LogP contribution >= 0.6 is 0 Å². The summed E-state index contributed by atoms with van der Waals surface area (Å²) in [6.07, 6.45) is -22.2. The van der Waals surface area contributed by atoms with Gasteiger partial charge >= 0.3 is 39.9 Å². The molecule has 439 valence electrons. The van der Waals surface area contributed by atoms with Crippen LogP contribution in [-0.2, 0) is 43.2 Å². The number of carbonyl (C=O) groups excluding carboxylic acids is 9. The van der Waals surface area contributed by atoms with Crippen LogP contribution in [0.3, 0.4) is 0 Å². The topological polar surface area (TPSA) is 530 Å². The van der Waals surface area contributed by atoms with Crippen molar-refractivity contribution in [3.63, 3.8) is 0 Å². The van der Waals surface area contributed by atoms with Crippen LogP contribution in [0.4, 0.5) is 0 Å². The van der Waals surface area contributed by atoms with Gasteiger partial charge in [0.2, 0.25) is 11.8 Å². The quantitative estimate of drug-likeness (QED) is 0.0271. The Morgan fingerprint density at radius 3 is 0.737 bits per heavy atom. The van der Waals surface area contributed by atoms with E-state index in [4.69, 9.17) is 0 Å². The Balaban J connectivity index is 0. The van der Waals surface area contributed by atoms with Crippen LogP contribution in [0.2, 0.25) is 0 Å². The summed E-state index contributed by atoms with van der Waals surface area (Å²) >= 11 is 0. The van der Waals surface area contributed by atoms with E-state index in [1.54, 1.807) is 0 Å². The van der Waals surface area contributed by atoms with Crippen LogP contribution in [0.25, 0.3) is 0 Å². The molecule has 1 radical (unpaired) electrons. The Labute approximate surface area is 468 Å². The molecule has 0 unspecified atom stereocenters. The molecule has 0 aliphatic rings. The van der Waals surface area contributed by atoms with E-state index in [-0.39, 0.29) is 39.9 Å². The first-order valence-electron chi connectivity index (χ1n) is 23.4. The van der Waals surface area contributed by atoms with Crippen LogP contribution in [0.5, 0.6) is 0 Å². The molecule has 0 spiro atoms. The molecule has 0 aliphatic heterocycles. The molecule has 16 N–H and O–H groups in total. The number of carboxylic acids is 3. The van der Waals surface area contributed by atoms with Crippen molar-refractivity contribution >= 4 is 53.4 Å². The van der Waals surface area contributed by atoms with E-state index in [0.717, 1.165) is 52.2 Å². The SMILES string of the molecule is C[C@H](O)[C@H](O)[C@@H](O)C(=O)NCCN(CCNC(=O)[C@H](O)[C@@H](O)[C@H](C)O)C(=O)CN(CCN(CCN(CC(=O)[O-])CC(=O)N(CCNC(=O)[C@H](O)[C@@H](O)[C@H](C)O)CCNC(=O)[C@H](O)[C@@H](O)[C@H](C)O)CC(=O)[O-])CC(=O)[O-].[Gd+3]. The van der Waals surface area contributed by atoms with Gasteiger partial charge in [-0.05, 0) is 27.7 Å². The van der Waals surface area contributed by atoms with Crippen LogP contribution < -0.4 is 36.6 Å². The van der Waals surface area contributed by atoms with E-state index in [1.807, 2.05) is 0 Å². The molecule has 0 aromatic rings. The van der Waals surface area contributed by atoms with Gasteiger partial charge < -0.3 is 122 Å². The third-order valence-electron chi connectivity index (χ3n) is 11.0. The van der Waals surface area contributed by atoms with Crippen LogP contribution in [0.1, 0.15) is 27.7 Å². The number of amides is 6. The first-order valence-corrected chi connectivity index (χ1v) is 23.4. The molecule has 0 fully saturated rings. The van der Waals surface area contributed by atoms with Crippen LogP contribution in [0.15, 0.2) is 0 Å². The zero-order chi connectivity index (χ0) is 57.9. The first kappa shape index (κ1) is 74.0. The number of hydrogen-bond acceptors (Lipinski definition) is 27. The molecule has 0 saturated carbocycles. The molecule has 0 rings (SSSR count). The van der Waals surface area contributed by atoms with Gasteiger partial charge in [-0.15, -0.1) is 0 Å². The Hall–Kier alpha value is -4.05.